The van der Waals surface area contributed by atoms with Crippen molar-refractivity contribution >= 4 is 5.69 Å². The molecular weight excluding hydrogens is 243 g/mol. The Kier molecular flexibility index (Phi) is 3.41. The lowest BCUT2D eigenvalue weighted by Crippen LogP contribution is -2.17. The van der Waals surface area contributed by atoms with E-state index >= 15 is 0 Å². The Labute approximate surface area is 104 Å². The minimum absolute atomic E-state index is 0.133. The first-order valence-electron chi connectivity index (χ1n) is 5.99. The molecule has 0 aliphatic carbocycles. The summed E-state index contributed by atoms with van der Waals surface area (Å²) in [5.74, 6) is 0.637. The summed E-state index contributed by atoms with van der Waals surface area (Å²) in [6.45, 7) is 4.88. The zero-order valence-electron chi connectivity index (χ0n) is 10.3. The van der Waals surface area contributed by atoms with Gasteiger partial charge in [-0.3, -0.25) is 0 Å². The zero-order chi connectivity index (χ0) is 13.3. The number of hydrogen-bond donors (Lipinski definition) is 1. The Hall–Kier alpha value is -1.39. The maximum Gasteiger partial charge on any atom is 0.573 e. The molecule has 1 aromatic rings. The molecule has 2 nitrogen and oxygen atoms in total. The second kappa shape index (κ2) is 4.71. The smallest absolute Gasteiger partial charge is 0.404 e. The third-order valence-electron chi connectivity index (χ3n) is 3.01. The number of rotatable bonds is 3. The molecule has 0 fully saturated rings. The van der Waals surface area contributed by atoms with E-state index in [0.29, 0.717) is 18.2 Å². The van der Waals surface area contributed by atoms with E-state index in [2.05, 4.69) is 23.9 Å². The molecule has 5 heteroatoms. The van der Waals surface area contributed by atoms with Crippen LogP contribution < -0.4 is 10.1 Å². The van der Waals surface area contributed by atoms with Crippen molar-refractivity contribution in [2.24, 2.45) is 5.92 Å². The van der Waals surface area contributed by atoms with Gasteiger partial charge in [0.1, 0.15) is 0 Å². The molecule has 100 valence electrons. The minimum Gasteiger partial charge on any atom is -0.404 e. The van der Waals surface area contributed by atoms with Crippen LogP contribution in [-0.2, 0) is 0 Å². The molecule has 1 heterocycles. The number of fused-ring (bicyclic) bond motifs is 1. The highest BCUT2D eigenvalue weighted by Crippen LogP contribution is 2.42. The van der Waals surface area contributed by atoms with E-state index in [1.807, 2.05) is 6.07 Å². The first-order valence-corrected chi connectivity index (χ1v) is 5.99. The number of para-hydroxylation sites is 1. The predicted octanol–water partition coefficient (Wildman–Crippen LogP) is 4.14. The Morgan fingerprint density at radius 3 is 2.72 bits per heavy atom. The maximum absolute atomic E-state index is 12.3. The Balaban J connectivity index is 2.25. The number of anilines is 1. The van der Waals surface area contributed by atoms with Gasteiger partial charge < -0.3 is 10.1 Å². The standard InChI is InChI=1S/C13H16F3NO/c1-8(2)6-9-7-17-12-10(9)4-3-5-11(12)18-13(14,15)16/h3-5,8-9,17H,6-7H2,1-2H3. The maximum atomic E-state index is 12.3. The van der Waals surface area contributed by atoms with Crippen molar-refractivity contribution in [3.8, 4) is 5.75 Å². The van der Waals surface area contributed by atoms with E-state index in [4.69, 9.17) is 0 Å². The van der Waals surface area contributed by atoms with Gasteiger partial charge in [-0.15, -0.1) is 13.2 Å². The average molecular weight is 259 g/mol. The van der Waals surface area contributed by atoms with Gasteiger partial charge in [0.15, 0.2) is 5.75 Å². The van der Waals surface area contributed by atoms with E-state index in [-0.39, 0.29) is 11.7 Å². The molecule has 0 amide bonds. The zero-order valence-corrected chi connectivity index (χ0v) is 10.3. The molecule has 0 radical (unpaired) electrons. The molecule has 1 aliphatic rings. The van der Waals surface area contributed by atoms with Gasteiger partial charge in [-0.25, -0.2) is 0 Å². The summed E-state index contributed by atoms with van der Waals surface area (Å²) in [6, 6.07) is 4.82. The normalized spacial score (nSPS) is 18.7. The van der Waals surface area contributed by atoms with Crippen LogP contribution in [0.1, 0.15) is 31.7 Å². The molecule has 1 aromatic carbocycles. The van der Waals surface area contributed by atoms with E-state index in [1.165, 1.54) is 6.07 Å². The van der Waals surface area contributed by atoms with Crippen molar-refractivity contribution in [1.29, 1.82) is 0 Å². The molecule has 1 unspecified atom stereocenters. The number of alkyl halides is 3. The topological polar surface area (TPSA) is 21.3 Å². The van der Waals surface area contributed by atoms with Crippen molar-refractivity contribution in [2.75, 3.05) is 11.9 Å². The van der Waals surface area contributed by atoms with Gasteiger partial charge in [-0.1, -0.05) is 26.0 Å². The quantitative estimate of drug-likeness (QED) is 0.880. The Morgan fingerprint density at radius 1 is 1.39 bits per heavy atom. The van der Waals surface area contributed by atoms with Gasteiger partial charge in [0, 0.05) is 12.5 Å². The third kappa shape index (κ3) is 2.89. The Bertz CT molecular complexity index is 429. The second-order valence-electron chi connectivity index (χ2n) is 4.98. The highest BCUT2D eigenvalue weighted by Gasteiger charge is 2.34. The summed E-state index contributed by atoms with van der Waals surface area (Å²) in [5.41, 5.74) is 1.41. The molecule has 0 spiro atoms. The highest BCUT2D eigenvalue weighted by atomic mass is 19.4. The van der Waals surface area contributed by atoms with Crippen molar-refractivity contribution in [1.82, 2.24) is 0 Å². The van der Waals surface area contributed by atoms with Crippen LogP contribution in [0.2, 0.25) is 0 Å². The molecular formula is C13H16F3NO. The van der Waals surface area contributed by atoms with Crippen LogP contribution in [0.15, 0.2) is 18.2 Å². The van der Waals surface area contributed by atoms with Gasteiger partial charge >= 0.3 is 6.36 Å². The number of benzene rings is 1. The van der Waals surface area contributed by atoms with Crippen LogP contribution >= 0.6 is 0 Å². The SMILES string of the molecule is CC(C)CC1CNc2c(OC(F)(F)F)cccc21. The molecule has 1 N–H and O–H groups in total. The summed E-state index contributed by atoms with van der Waals surface area (Å²) < 4.78 is 40.8. The van der Waals surface area contributed by atoms with Gasteiger partial charge in [0.2, 0.25) is 0 Å². The first kappa shape index (κ1) is 13.1. The summed E-state index contributed by atoms with van der Waals surface area (Å²) >= 11 is 0. The molecule has 0 saturated heterocycles. The Morgan fingerprint density at radius 2 is 2.11 bits per heavy atom. The lowest BCUT2D eigenvalue weighted by molar-refractivity contribution is -0.274. The van der Waals surface area contributed by atoms with Crippen molar-refractivity contribution in [2.45, 2.75) is 32.5 Å². The van der Waals surface area contributed by atoms with Gasteiger partial charge in [-0.2, -0.15) is 0 Å². The number of hydrogen-bond acceptors (Lipinski definition) is 2. The van der Waals surface area contributed by atoms with Gasteiger partial charge in [0.25, 0.3) is 0 Å². The van der Waals surface area contributed by atoms with Crippen molar-refractivity contribution in [3.63, 3.8) is 0 Å². The van der Waals surface area contributed by atoms with Crippen LogP contribution in [0.3, 0.4) is 0 Å². The molecule has 1 aliphatic heterocycles. The fraction of sp³-hybridized carbons (Fsp3) is 0.538. The average Bonchev–Trinajstić information content (AvgIpc) is 2.60. The van der Waals surface area contributed by atoms with Crippen LogP contribution in [0, 0.1) is 5.92 Å². The number of halogens is 3. The highest BCUT2D eigenvalue weighted by molar-refractivity contribution is 5.66. The summed E-state index contributed by atoms with van der Waals surface area (Å²) in [6.07, 6.45) is -3.69. The minimum atomic E-state index is -4.65. The number of nitrogens with one attached hydrogen (secondary N) is 1. The van der Waals surface area contributed by atoms with E-state index in [0.717, 1.165) is 12.0 Å². The van der Waals surface area contributed by atoms with Crippen LogP contribution in [-0.4, -0.2) is 12.9 Å². The van der Waals surface area contributed by atoms with E-state index in [1.54, 1.807) is 6.07 Å². The van der Waals surface area contributed by atoms with E-state index in [9.17, 15) is 13.2 Å². The van der Waals surface area contributed by atoms with Crippen LogP contribution in [0.4, 0.5) is 18.9 Å². The molecule has 1 atom stereocenters. The summed E-state index contributed by atoms with van der Waals surface area (Å²) in [4.78, 5) is 0. The second-order valence-corrected chi connectivity index (χ2v) is 4.98. The third-order valence-corrected chi connectivity index (χ3v) is 3.01. The fourth-order valence-electron chi connectivity index (χ4n) is 2.40. The van der Waals surface area contributed by atoms with Crippen molar-refractivity contribution in [3.05, 3.63) is 23.8 Å². The first-order chi connectivity index (χ1) is 8.37. The fourth-order valence-corrected chi connectivity index (χ4v) is 2.40. The van der Waals surface area contributed by atoms with Gasteiger partial charge in [0.05, 0.1) is 5.69 Å². The lowest BCUT2D eigenvalue weighted by Gasteiger charge is -2.14. The molecule has 2 rings (SSSR count). The largest absolute Gasteiger partial charge is 0.573 e. The van der Waals surface area contributed by atoms with E-state index < -0.39 is 6.36 Å². The van der Waals surface area contributed by atoms with Gasteiger partial charge in [-0.05, 0) is 24.0 Å². The van der Waals surface area contributed by atoms with Crippen molar-refractivity contribution < 1.29 is 17.9 Å². The van der Waals surface area contributed by atoms with Crippen LogP contribution in [0.25, 0.3) is 0 Å². The monoisotopic (exact) mass is 259 g/mol. The van der Waals surface area contributed by atoms with Crippen LogP contribution in [0.5, 0.6) is 5.75 Å². The molecule has 0 saturated carbocycles. The number of ether oxygens (including phenoxy) is 1. The lowest BCUT2D eigenvalue weighted by atomic mass is 9.92. The predicted molar refractivity (Wildman–Crippen MR) is 63.8 cm³/mol. The molecule has 18 heavy (non-hydrogen) atoms. The summed E-state index contributed by atoms with van der Waals surface area (Å²) in [5, 5.41) is 3.02. The molecule has 0 bridgehead atoms. The molecule has 0 aromatic heterocycles. The summed E-state index contributed by atoms with van der Waals surface area (Å²) in [7, 11) is 0.